The van der Waals surface area contributed by atoms with Crippen LogP contribution in [0.4, 0.5) is 15.3 Å². The number of carbonyl (C=O) groups excluding carboxylic acids is 1. The zero-order valence-electron chi connectivity index (χ0n) is 13.1. The van der Waals surface area contributed by atoms with E-state index in [1.54, 1.807) is 0 Å². The van der Waals surface area contributed by atoms with E-state index >= 15 is 0 Å². The number of amides is 1. The highest BCUT2D eigenvalue weighted by Crippen LogP contribution is 2.37. The van der Waals surface area contributed by atoms with E-state index in [2.05, 4.69) is 20.2 Å². The minimum absolute atomic E-state index is 0.0489. The fourth-order valence-corrected chi connectivity index (χ4v) is 4.04. The van der Waals surface area contributed by atoms with Gasteiger partial charge in [-0.3, -0.25) is 4.79 Å². The third-order valence-electron chi connectivity index (χ3n) is 4.52. The first-order chi connectivity index (χ1) is 11.7. The van der Waals surface area contributed by atoms with Crippen molar-refractivity contribution < 1.29 is 9.18 Å². The fraction of sp³-hybridized carbons (Fsp3) is 0.500. The predicted molar refractivity (Wildman–Crippen MR) is 92.4 cm³/mol. The number of nitrogens with zero attached hydrogens (tertiary/aromatic N) is 3. The number of pyridine rings is 1. The van der Waals surface area contributed by atoms with Crippen molar-refractivity contribution in [2.75, 3.05) is 23.3 Å². The fourth-order valence-electron chi connectivity index (χ4n) is 2.98. The molecule has 1 saturated carbocycles. The number of nitrogens with one attached hydrogen (secondary N) is 2. The Morgan fingerprint density at radius 2 is 2.29 bits per heavy atom. The lowest BCUT2D eigenvalue weighted by atomic mass is 10.00. The van der Waals surface area contributed by atoms with Crippen molar-refractivity contribution in [1.82, 2.24) is 9.97 Å². The highest BCUT2D eigenvalue weighted by molar-refractivity contribution is 7.22. The molecule has 2 aliphatic rings. The standard InChI is InChI=1S/C16H18FN5OS/c17-11-7-19-14(21-15(23)10-3-4-10)13-12(11)20-16(24-13)22-5-1-2-9(6-18)8-22/h6-7,9-10,18H,1-5,8H2,(H,19,21,23)/t9-/m1/s1. The summed E-state index contributed by atoms with van der Waals surface area (Å²) in [5, 5.41) is 11.0. The predicted octanol–water partition coefficient (Wildman–Crippen LogP) is 3.04. The van der Waals surface area contributed by atoms with Crippen LogP contribution in [0.25, 0.3) is 10.2 Å². The van der Waals surface area contributed by atoms with Crippen LogP contribution in [0, 0.1) is 23.1 Å². The summed E-state index contributed by atoms with van der Waals surface area (Å²) in [4.78, 5) is 22.6. The number of rotatable bonds is 4. The lowest BCUT2D eigenvalue weighted by Gasteiger charge is -2.30. The van der Waals surface area contributed by atoms with Gasteiger partial charge in [-0.25, -0.2) is 14.4 Å². The molecule has 1 atom stereocenters. The molecule has 1 amide bonds. The highest BCUT2D eigenvalue weighted by atomic mass is 32.1. The maximum absolute atomic E-state index is 14.1. The van der Waals surface area contributed by atoms with Crippen molar-refractivity contribution in [3.63, 3.8) is 0 Å². The summed E-state index contributed by atoms with van der Waals surface area (Å²) in [6.45, 7) is 1.57. The zero-order valence-corrected chi connectivity index (χ0v) is 13.9. The molecule has 2 aromatic heterocycles. The Morgan fingerprint density at radius 1 is 1.46 bits per heavy atom. The highest BCUT2D eigenvalue weighted by Gasteiger charge is 2.31. The van der Waals surface area contributed by atoms with E-state index in [9.17, 15) is 9.18 Å². The molecule has 4 rings (SSSR count). The van der Waals surface area contributed by atoms with Crippen LogP contribution in [0.1, 0.15) is 25.7 Å². The number of hydrogen-bond donors (Lipinski definition) is 2. The quantitative estimate of drug-likeness (QED) is 0.833. The second kappa shape index (κ2) is 6.08. The van der Waals surface area contributed by atoms with Gasteiger partial charge in [-0.15, -0.1) is 0 Å². The van der Waals surface area contributed by atoms with Crippen molar-refractivity contribution in [3.05, 3.63) is 12.0 Å². The minimum Gasteiger partial charge on any atom is -0.347 e. The Morgan fingerprint density at radius 3 is 3.04 bits per heavy atom. The molecule has 6 nitrogen and oxygen atoms in total. The van der Waals surface area contributed by atoms with Gasteiger partial charge in [0.15, 0.2) is 16.8 Å². The molecule has 3 heterocycles. The van der Waals surface area contributed by atoms with Gasteiger partial charge in [0, 0.05) is 31.1 Å². The molecule has 2 aromatic rings. The molecular formula is C16H18FN5OS. The smallest absolute Gasteiger partial charge is 0.228 e. The van der Waals surface area contributed by atoms with E-state index in [0.29, 0.717) is 10.5 Å². The van der Waals surface area contributed by atoms with Crippen LogP contribution in [0.2, 0.25) is 0 Å². The van der Waals surface area contributed by atoms with E-state index in [4.69, 9.17) is 5.41 Å². The number of fused-ring (bicyclic) bond motifs is 1. The van der Waals surface area contributed by atoms with Crippen molar-refractivity contribution in [2.45, 2.75) is 25.7 Å². The summed E-state index contributed by atoms with van der Waals surface area (Å²) in [7, 11) is 0. The second-order valence-corrected chi connectivity index (χ2v) is 7.38. The summed E-state index contributed by atoms with van der Waals surface area (Å²) < 4.78 is 14.7. The molecule has 0 radical (unpaired) electrons. The Hall–Kier alpha value is -2.09. The van der Waals surface area contributed by atoms with Gasteiger partial charge in [0.2, 0.25) is 5.91 Å². The van der Waals surface area contributed by atoms with E-state index in [1.165, 1.54) is 17.6 Å². The van der Waals surface area contributed by atoms with Gasteiger partial charge >= 0.3 is 0 Å². The van der Waals surface area contributed by atoms with Crippen molar-refractivity contribution >= 4 is 44.6 Å². The molecule has 1 aliphatic heterocycles. The maximum Gasteiger partial charge on any atom is 0.228 e. The molecule has 1 aliphatic carbocycles. The van der Waals surface area contributed by atoms with Gasteiger partial charge in [0.05, 0.1) is 6.20 Å². The normalized spacial score (nSPS) is 21.0. The average molecular weight is 347 g/mol. The largest absolute Gasteiger partial charge is 0.347 e. The maximum atomic E-state index is 14.1. The molecule has 0 bridgehead atoms. The number of carbonyl (C=O) groups is 1. The first-order valence-corrected chi connectivity index (χ1v) is 8.99. The molecule has 0 spiro atoms. The van der Waals surface area contributed by atoms with Crippen LogP contribution < -0.4 is 10.2 Å². The van der Waals surface area contributed by atoms with Crippen molar-refractivity contribution in [3.8, 4) is 0 Å². The number of thiazole rings is 1. The summed E-state index contributed by atoms with van der Waals surface area (Å²) >= 11 is 1.35. The molecule has 2 N–H and O–H groups in total. The van der Waals surface area contributed by atoms with Gasteiger partial charge in [-0.1, -0.05) is 11.3 Å². The Kier molecular flexibility index (Phi) is 3.91. The van der Waals surface area contributed by atoms with Gasteiger partial charge in [-0.2, -0.15) is 0 Å². The lowest BCUT2D eigenvalue weighted by molar-refractivity contribution is -0.117. The topological polar surface area (TPSA) is 82.0 Å². The monoisotopic (exact) mass is 347 g/mol. The minimum atomic E-state index is -0.475. The van der Waals surface area contributed by atoms with Crippen LogP contribution in [-0.4, -0.2) is 35.2 Å². The summed E-state index contributed by atoms with van der Waals surface area (Å²) in [5.41, 5.74) is 0.257. The zero-order chi connectivity index (χ0) is 16.7. The molecular weight excluding hydrogens is 329 g/mol. The molecule has 24 heavy (non-hydrogen) atoms. The molecule has 1 saturated heterocycles. The number of aromatic nitrogens is 2. The first kappa shape index (κ1) is 15.4. The van der Waals surface area contributed by atoms with E-state index in [0.717, 1.165) is 50.1 Å². The summed E-state index contributed by atoms with van der Waals surface area (Å²) in [6.07, 6.45) is 6.39. The Balaban J connectivity index is 1.66. The Bertz CT molecular complexity index is 803. The number of anilines is 2. The molecule has 0 unspecified atom stereocenters. The van der Waals surface area contributed by atoms with E-state index in [1.807, 2.05) is 0 Å². The second-order valence-electron chi connectivity index (χ2n) is 6.41. The third kappa shape index (κ3) is 2.86. The van der Waals surface area contributed by atoms with Crippen LogP contribution >= 0.6 is 11.3 Å². The van der Waals surface area contributed by atoms with Crippen LogP contribution in [0.3, 0.4) is 0 Å². The van der Waals surface area contributed by atoms with Gasteiger partial charge in [-0.05, 0) is 25.7 Å². The summed E-state index contributed by atoms with van der Waals surface area (Å²) in [5.74, 6) is 0.148. The van der Waals surface area contributed by atoms with Crippen LogP contribution in [0.5, 0.6) is 0 Å². The molecule has 0 aromatic carbocycles. The van der Waals surface area contributed by atoms with Crippen molar-refractivity contribution in [1.29, 1.82) is 5.41 Å². The summed E-state index contributed by atoms with van der Waals surface area (Å²) in [6, 6.07) is 0. The molecule has 2 fully saturated rings. The molecule has 8 heteroatoms. The molecule has 126 valence electrons. The van der Waals surface area contributed by atoms with E-state index in [-0.39, 0.29) is 23.3 Å². The average Bonchev–Trinajstić information content (AvgIpc) is 3.35. The lowest BCUT2D eigenvalue weighted by Crippen LogP contribution is -2.35. The number of piperidine rings is 1. The van der Waals surface area contributed by atoms with Crippen LogP contribution in [-0.2, 0) is 4.79 Å². The van der Waals surface area contributed by atoms with E-state index < -0.39 is 5.82 Å². The third-order valence-corrected chi connectivity index (χ3v) is 5.64. The first-order valence-electron chi connectivity index (χ1n) is 8.17. The number of halogens is 1. The Labute approximate surface area is 142 Å². The van der Waals surface area contributed by atoms with Crippen molar-refractivity contribution in [2.24, 2.45) is 11.8 Å². The number of hydrogen-bond acceptors (Lipinski definition) is 6. The van der Waals surface area contributed by atoms with Gasteiger partial charge < -0.3 is 15.6 Å². The SMILES string of the molecule is N=C[C@H]1CCCN(c2nc3c(F)cnc(NC(=O)C4CC4)c3s2)C1. The van der Waals surface area contributed by atoms with Gasteiger partial charge in [0.25, 0.3) is 0 Å². The van der Waals surface area contributed by atoms with Crippen LogP contribution in [0.15, 0.2) is 6.20 Å². The van der Waals surface area contributed by atoms with Gasteiger partial charge in [0.1, 0.15) is 10.2 Å².